The van der Waals surface area contributed by atoms with Crippen LogP contribution in [0.3, 0.4) is 0 Å². The first-order valence-corrected chi connectivity index (χ1v) is 4.67. The highest BCUT2D eigenvalue weighted by Gasteiger charge is 2.18. The summed E-state index contributed by atoms with van der Waals surface area (Å²) in [4.78, 5) is 11.1. The zero-order chi connectivity index (χ0) is 9.26. The maximum Gasteiger partial charge on any atom is 0.231 e. The molecule has 0 aromatic heterocycles. The Hall–Kier alpha value is -1.03. The van der Waals surface area contributed by atoms with Gasteiger partial charge in [-0.05, 0) is 28.1 Å². The molecule has 0 aliphatic carbocycles. The monoisotopic (exact) mass is 242 g/mol. The van der Waals surface area contributed by atoms with Gasteiger partial charge in [-0.1, -0.05) is 6.07 Å². The first-order valence-electron chi connectivity index (χ1n) is 3.87. The van der Waals surface area contributed by atoms with E-state index in [-0.39, 0.29) is 4.69 Å². The Morgan fingerprint density at radius 1 is 1.31 bits per heavy atom. The second-order valence-electron chi connectivity index (χ2n) is 2.60. The number of fused-ring (bicyclic) bond motifs is 1. The Labute approximate surface area is 83.8 Å². The highest BCUT2D eigenvalue weighted by Crippen LogP contribution is 2.34. The van der Waals surface area contributed by atoms with Crippen molar-refractivity contribution in [2.45, 2.75) is 0 Å². The van der Waals surface area contributed by atoms with Crippen LogP contribution in [0.25, 0.3) is 0 Å². The molecule has 2 rings (SSSR count). The van der Waals surface area contributed by atoms with Gasteiger partial charge in [0.25, 0.3) is 0 Å². The third-order valence-electron chi connectivity index (χ3n) is 1.78. The minimum absolute atomic E-state index is 0.185. The average Bonchev–Trinajstić information content (AvgIpc) is 2.17. The fourth-order valence-electron chi connectivity index (χ4n) is 1.23. The Kier molecular flexibility index (Phi) is 2.22. The van der Waals surface area contributed by atoms with E-state index in [0.29, 0.717) is 30.3 Å². The molecular weight excluding hydrogens is 236 g/mol. The van der Waals surface area contributed by atoms with E-state index < -0.39 is 0 Å². The Bertz CT molecular complexity index is 349. The standard InChI is InChI=1S/C9H7BrO3/c10-9(11)6-2-1-3-7-8(6)13-5-4-12-7/h1-3H,4-5H2. The SMILES string of the molecule is O=C(Br)c1cccc2c1OCCO2. The number of para-hydroxylation sites is 1. The van der Waals surface area contributed by atoms with E-state index in [9.17, 15) is 4.79 Å². The van der Waals surface area contributed by atoms with Gasteiger partial charge in [0, 0.05) is 0 Å². The molecule has 1 aliphatic rings. The first kappa shape index (κ1) is 8.56. The molecule has 0 spiro atoms. The van der Waals surface area contributed by atoms with Gasteiger partial charge in [-0.2, -0.15) is 0 Å². The third kappa shape index (κ3) is 1.54. The van der Waals surface area contributed by atoms with Crippen molar-refractivity contribution in [3.05, 3.63) is 23.8 Å². The predicted octanol–water partition coefficient (Wildman–Crippen LogP) is 1.99. The molecule has 0 atom stereocenters. The molecule has 0 amide bonds. The molecule has 0 saturated heterocycles. The molecule has 0 fully saturated rings. The van der Waals surface area contributed by atoms with Gasteiger partial charge in [0.15, 0.2) is 11.5 Å². The molecule has 1 aliphatic heterocycles. The predicted molar refractivity (Wildman–Crippen MR) is 50.7 cm³/mol. The second kappa shape index (κ2) is 3.38. The van der Waals surface area contributed by atoms with Crippen LogP contribution in [0.5, 0.6) is 11.5 Å². The van der Waals surface area contributed by atoms with Crippen LogP contribution in [0.15, 0.2) is 18.2 Å². The first-order chi connectivity index (χ1) is 6.29. The Morgan fingerprint density at radius 2 is 2.08 bits per heavy atom. The molecule has 0 radical (unpaired) electrons. The summed E-state index contributed by atoms with van der Waals surface area (Å²) in [6.45, 7) is 1.03. The zero-order valence-electron chi connectivity index (χ0n) is 6.75. The van der Waals surface area contributed by atoms with Crippen LogP contribution in [0.2, 0.25) is 0 Å². The van der Waals surface area contributed by atoms with E-state index in [0.717, 1.165) is 0 Å². The maximum atomic E-state index is 11.1. The summed E-state index contributed by atoms with van der Waals surface area (Å²) >= 11 is 2.89. The van der Waals surface area contributed by atoms with Crippen molar-refractivity contribution in [2.75, 3.05) is 13.2 Å². The van der Waals surface area contributed by atoms with E-state index in [4.69, 9.17) is 9.47 Å². The van der Waals surface area contributed by atoms with Crippen LogP contribution in [0.1, 0.15) is 10.4 Å². The molecule has 4 heteroatoms. The van der Waals surface area contributed by atoms with Crippen LogP contribution in [0, 0.1) is 0 Å². The molecule has 0 saturated carbocycles. The lowest BCUT2D eigenvalue weighted by molar-refractivity contribution is 0.108. The number of carbonyl (C=O) groups is 1. The van der Waals surface area contributed by atoms with Gasteiger partial charge < -0.3 is 9.47 Å². The largest absolute Gasteiger partial charge is 0.486 e. The van der Waals surface area contributed by atoms with Gasteiger partial charge in [-0.15, -0.1) is 0 Å². The van der Waals surface area contributed by atoms with Crippen molar-refractivity contribution in [3.8, 4) is 11.5 Å². The molecule has 1 aromatic carbocycles. The summed E-state index contributed by atoms with van der Waals surface area (Å²) in [5, 5.41) is 0. The fourth-order valence-corrected chi connectivity index (χ4v) is 1.54. The van der Waals surface area contributed by atoms with E-state index >= 15 is 0 Å². The number of hydrogen-bond acceptors (Lipinski definition) is 3. The van der Waals surface area contributed by atoms with Gasteiger partial charge in [0.1, 0.15) is 13.2 Å². The van der Waals surface area contributed by atoms with Gasteiger partial charge in [0.05, 0.1) is 5.56 Å². The summed E-state index contributed by atoms with van der Waals surface area (Å²) in [5.74, 6) is 1.17. The van der Waals surface area contributed by atoms with E-state index in [1.165, 1.54) is 0 Å². The molecule has 3 nitrogen and oxygen atoms in total. The maximum absolute atomic E-state index is 11.1. The van der Waals surface area contributed by atoms with Gasteiger partial charge >= 0.3 is 0 Å². The van der Waals surface area contributed by atoms with Crippen molar-refractivity contribution in [1.82, 2.24) is 0 Å². The minimum atomic E-state index is -0.185. The van der Waals surface area contributed by atoms with Crippen molar-refractivity contribution in [2.24, 2.45) is 0 Å². The van der Waals surface area contributed by atoms with Crippen molar-refractivity contribution < 1.29 is 14.3 Å². The molecule has 68 valence electrons. The van der Waals surface area contributed by atoms with Crippen molar-refractivity contribution >= 4 is 20.6 Å². The fraction of sp³-hybridized carbons (Fsp3) is 0.222. The minimum Gasteiger partial charge on any atom is -0.486 e. The van der Waals surface area contributed by atoms with Crippen LogP contribution >= 0.6 is 15.9 Å². The average molecular weight is 243 g/mol. The Balaban J connectivity index is 2.52. The highest BCUT2D eigenvalue weighted by atomic mass is 79.9. The normalized spacial score (nSPS) is 13.9. The van der Waals surface area contributed by atoms with Crippen molar-refractivity contribution in [3.63, 3.8) is 0 Å². The van der Waals surface area contributed by atoms with Crippen LogP contribution in [0.4, 0.5) is 0 Å². The number of rotatable bonds is 1. The quantitative estimate of drug-likeness (QED) is 0.707. The molecule has 0 N–H and O–H groups in total. The molecule has 13 heavy (non-hydrogen) atoms. The van der Waals surface area contributed by atoms with Gasteiger partial charge in [-0.3, -0.25) is 4.79 Å². The molecule has 1 heterocycles. The van der Waals surface area contributed by atoms with Gasteiger partial charge in [-0.25, -0.2) is 0 Å². The molecule has 0 unspecified atom stereocenters. The highest BCUT2D eigenvalue weighted by molar-refractivity contribution is 9.18. The summed E-state index contributed by atoms with van der Waals surface area (Å²) in [7, 11) is 0. The molecule has 1 aromatic rings. The topological polar surface area (TPSA) is 35.5 Å². The van der Waals surface area contributed by atoms with E-state index in [2.05, 4.69) is 15.9 Å². The smallest absolute Gasteiger partial charge is 0.231 e. The Morgan fingerprint density at radius 3 is 2.85 bits per heavy atom. The lowest BCUT2D eigenvalue weighted by Gasteiger charge is -2.19. The van der Waals surface area contributed by atoms with Crippen LogP contribution in [-0.4, -0.2) is 17.9 Å². The molecular formula is C9H7BrO3. The van der Waals surface area contributed by atoms with Crippen molar-refractivity contribution in [1.29, 1.82) is 0 Å². The summed E-state index contributed by atoms with van der Waals surface area (Å²) in [5.41, 5.74) is 0.511. The van der Waals surface area contributed by atoms with Crippen LogP contribution < -0.4 is 9.47 Å². The number of carbonyl (C=O) groups excluding carboxylic acids is 1. The summed E-state index contributed by atoms with van der Waals surface area (Å²) in [6.07, 6.45) is 0. The second-order valence-corrected chi connectivity index (χ2v) is 3.32. The van der Waals surface area contributed by atoms with E-state index in [1.807, 2.05) is 0 Å². The summed E-state index contributed by atoms with van der Waals surface area (Å²) < 4.78 is 10.5. The lowest BCUT2D eigenvalue weighted by atomic mass is 10.2. The third-order valence-corrected chi connectivity index (χ3v) is 2.21. The van der Waals surface area contributed by atoms with E-state index in [1.54, 1.807) is 18.2 Å². The number of ether oxygens (including phenoxy) is 2. The number of hydrogen-bond donors (Lipinski definition) is 0. The van der Waals surface area contributed by atoms with Crippen LogP contribution in [-0.2, 0) is 0 Å². The summed E-state index contributed by atoms with van der Waals surface area (Å²) in [6, 6.07) is 5.25. The lowest BCUT2D eigenvalue weighted by Crippen LogP contribution is -2.16. The zero-order valence-corrected chi connectivity index (χ0v) is 8.33. The number of benzene rings is 1. The van der Waals surface area contributed by atoms with Gasteiger partial charge in [0.2, 0.25) is 4.69 Å². The molecule has 0 bridgehead atoms. The number of halogens is 1.